The fourth-order valence-electron chi connectivity index (χ4n) is 4.27. The normalized spacial score (nSPS) is 16.2. The van der Waals surface area contributed by atoms with E-state index in [1.165, 1.54) is 0 Å². The maximum atomic E-state index is 13.4. The van der Waals surface area contributed by atoms with Crippen molar-refractivity contribution in [3.05, 3.63) is 84.2 Å². The fourth-order valence-corrected chi connectivity index (χ4v) is 4.27. The lowest BCUT2D eigenvalue weighted by Gasteiger charge is -2.40. The van der Waals surface area contributed by atoms with Crippen LogP contribution in [0, 0.1) is 0 Å². The summed E-state index contributed by atoms with van der Waals surface area (Å²) in [6.45, 7) is 3.60. The van der Waals surface area contributed by atoms with Gasteiger partial charge in [-0.05, 0) is 36.2 Å². The molecule has 4 rings (SSSR count). The number of methoxy groups -OCH3 is 1. The lowest BCUT2D eigenvalue weighted by atomic mass is 9.92. The van der Waals surface area contributed by atoms with Gasteiger partial charge in [-0.15, -0.1) is 0 Å². The van der Waals surface area contributed by atoms with Crippen molar-refractivity contribution < 1.29 is 14.3 Å². The van der Waals surface area contributed by atoms with Crippen molar-refractivity contribution in [3.8, 4) is 16.9 Å². The Labute approximate surface area is 188 Å². The van der Waals surface area contributed by atoms with Gasteiger partial charge in [0, 0.05) is 37.8 Å². The monoisotopic (exact) mass is 429 g/mol. The lowest BCUT2D eigenvalue weighted by Crippen LogP contribution is -2.59. The highest BCUT2D eigenvalue weighted by Gasteiger charge is 2.38. The van der Waals surface area contributed by atoms with E-state index in [9.17, 15) is 9.59 Å². The summed E-state index contributed by atoms with van der Waals surface area (Å²) in [6, 6.07) is 20.5. The average molecular weight is 430 g/mol. The number of piperazine rings is 1. The largest absolute Gasteiger partial charge is 0.496 e. The number of aromatic nitrogens is 1. The topological polar surface area (TPSA) is 62.7 Å². The molecule has 0 N–H and O–H groups in total. The van der Waals surface area contributed by atoms with E-state index in [2.05, 4.69) is 4.98 Å². The highest BCUT2D eigenvalue weighted by atomic mass is 16.5. The molecule has 0 spiro atoms. The van der Waals surface area contributed by atoms with E-state index >= 15 is 0 Å². The predicted octanol–water partition coefficient (Wildman–Crippen LogP) is 3.67. The van der Waals surface area contributed by atoms with E-state index in [4.69, 9.17) is 4.74 Å². The zero-order valence-electron chi connectivity index (χ0n) is 18.4. The van der Waals surface area contributed by atoms with E-state index in [1.54, 1.807) is 36.4 Å². The number of carbonyl (C=O) groups is 2. The Morgan fingerprint density at radius 3 is 2.44 bits per heavy atom. The van der Waals surface area contributed by atoms with Gasteiger partial charge in [-0.2, -0.15) is 0 Å². The van der Waals surface area contributed by atoms with Crippen molar-refractivity contribution in [2.24, 2.45) is 0 Å². The van der Waals surface area contributed by atoms with Crippen LogP contribution < -0.4 is 4.74 Å². The van der Waals surface area contributed by atoms with Gasteiger partial charge < -0.3 is 14.5 Å². The Balaban J connectivity index is 1.72. The molecule has 1 saturated heterocycles. The van der Waals surface area contributed by atoms with Gasteiger partial charge >= 0.3 is 0 Å². The molecule has 1 aliphatic rings. The summed E-state index contributed by atoms with van der Waals surface area (Å²) in [5, 5.41) is 0. The number of ether oxygens (including phenoxy) is 1. The maximum Gasteiger partial charge on any atom is 0.273 e. The van der Waals surface area contributed by atoms with E-state index in [0.717, 1.165) is 22.4 Å². The average Bonchev–Trinajstić information content (AvgIpc) is 2.85. The van der Waals surface area contributed by atoms with Crippen LogP contribution in [0.15, 0.2) is 72.9 Å². The van der Waals surface area contributed by atoms with Crippen LogP contribution in [0.5, 0.6) is 5.75 Å². The van der Waals surface area contributed by atoms with Crippen molar-refractivity contribution >= 4 is 11.8 Å². The van der Waals surface area contributed by atoms with Crippen molar-refractivity contribution in [2.75, 3.05) is 26.7 Å². The first-order chi connectivity index (χ1) is 15.6. The second-order valence-electron chi connectivity index (χ2n) is 7.71. The molecule has 0 aliphatic carbocycles. The zero-order chi connectivity index (χ0) is 22.5. The molecule has 0 saturated carbocycles. The van der Waals surface area contributed by atoms with Crippen LogP contribution in [0.3, 0.4) is 0 Å². The number of carbonyl (C=O) groups excluding carboxylic acids is 2. The molecule has 0 bridgehead atoms. The first-order valence-corrected chi connectivity index (χ1v) is 10.9. The first kappa shape index (κ1) is 21.6. The van der Waals surface area contributed by atoms with E-state index in [-0.39, 0.29) is 11.8 Å². The molecular weight excluding hydrogens is 402 g/mol. The second kappa shape index (κ2) is 9.64. The predicted molar refractivity (Wildman–Crippen MR) is 123 cm³/mol. The summed E-state index contributed by atoms with van der Waals surface area (Å²) in [4.78, 5) is 34.3. The van der Waals surface area contributed by atoms with Crippen molar-refractivity contribution in [3.63, 3.8) is 0 Å². The molecule has 0 unspecified atom stereocenters. The smallest absolute Gasteiger partial charge is 0.273 e. The summed E-state index contributed by atoms with van der Waals surface area (Å²) in [6.07, 6.45) is 2.02. The van der Waals surface area contributed by atoms with Crippen LogP contribution in [0.4, 0.5) is 0 Å². The number of pyridine rings is 1. The Morgan fingerprint density at radius 2 is 1.72 bits per heavy atom. The minimum absolute atomic E-state index is 0.0298. The molecule has 6 heteroatoms. The fraction of sp³-hybridized carbons (Fsp3) is 0.269. The van der Waals surface area contributed by atoms with Crippen LogP contribution in [0.25, 0.3) is 11.1 Å². The molecule has 2 amide bonds. The number of likely N-dealkylation sites (N-methyl/N-ethyl adjacent to an activating group) is 1. The number of hydrogen-bond acceptors (Lipinski definition) is 4. The van der Waals surface area contributed by atoms with Gasteiger partial charge in [0.2, 0.25) is 5.91 Å². The van der Waals surface area contributed by atoms with Crippen molar-refractivity contribution in [1.82, 2.24) is 14.8 Å². The quantitative estimate of drug-likeness (QED) is 0.600. The maximum absolute atomic E-state index is 13.4. The SMILES string of the molecule is CCN1CCN(C(=O)c2ccccn2)[C@@H](Cc2ccccc2-c2ccccc2OC)C1=O. The summed E-state index contributed by atoms with van der Waals surface area (Å²) < 4.78 is 5.57. The van der Waals surface area contributed by atoms with E-state index in [0.29, 0.717) is 31.7 Å². The Morgan fingerprint density at radius 1 is 1.00 bits per heavy atom. The second-order valence-corrected chi connectivity index (χ2v) is 7.71. The number of para-hydroxylation sites is 1. The van der Waals surface area contributed by atoms with Crippen molar-refractivity contribution in [1.29, 1.82) is 0 Å². The minimum atomic E-state index is -0.589. The van der Waals surface area contributed by atoms with E-state index in [1.807, 2.05) is 60.4 Å². The van der Waals surface area contributed by atoms with Gasteiger partial charge in [0.1, 0.15) is 17.5 Å². The van der Waals surface area contributed by atoms with E-state index < -0.39 is 6.04 Å². The summed E-state index contributed by atoms with van der Waals surface area (Å²) in [7, 11) is 1.65. The van der Waals surface area contributed by atoms with Crippen LogP contribution in [0.1, 0.15) is 23.0 Å². The highest BCUT2D eigenvalue weighted by Crippen LogP contribution is 2.33. The Bertz CT molecular complexity index is 1100. The number of nitrogens with zero attached hydrogens (tertiary/aromatic N) is 3. The number of hydrogen-bond donors (Lipinski definition) is 0. The number of amides is 2. The van der Waals surface area contributed by atoms with Gasteiger partial charge in [0.15, 0.2) is 0 Å². The Kier molecular flexibility index (Phi) is 6.50. The lowest BCUT2D eigenvalue weighted by molar-refractivity contribution is -0.139. The zero-order valence-corrected chi connectivity index (χ0v) is 18.4. The third-order valence-electron chi connectivity index (χ3n) is 5.94. The molecule has 1 atom stereocenters. The van der Waals surface area contributed by atoms with Gasteiger partial charge in [-0.1, -0.05) is 48.5 Å². The molecule has 164 valence electrons. The number of rotatable bonds is 6. The van der Waals surface area contributed by atoms with Crippen LogP contribution in [-0.4, -0.2) is 59.4 Å². The summed E-state index contributed by atoms with van der Waals surface area (Å²) in [5.74, 6) is 0.527. The Hall–Kier alpha value is -3.67. The summed E-state index contributed by atoms with van der Waals surface area (Å²) >= 11 is 0. The molecule has 32 heavy (non-hydrogen) atoms. The van der Waals surface area contributed by atoms with Crippen molar-refractivity contribution in [2.45, 2.75) is 19.4 Å². The molecule has 1 aliphatic heterocycles. The van der Waals surface area contributed by atoms with Gasteiger partial charge in [0.05, 0.1) is 7.11 Å². The molecule has 3 aromatic rings. The van der Waals surface area contributed by atoms with Gasteiger partial charge in [-0.25, -0.2) is 0 Å². The molecule has 2 heterocycles. The van der Waals surface area contributed by atoms with Crippen LogP contribution >= 0.6 is 0 Å². The van der Waals surface area contributed by atoms with Gasteiger partial charge in [-0.3, -0.25) is 14.6 Å². The first-order valence-electron chi connectivity index (χ1n) is 10.9. The molecular formula is C26H27N3O3. The van der Waals surface area contributed by atoms with Crippen LogP contribution in [-0.2, 0) is 11.2 Å². The number of benzene rings is 2. The molecule has 0 radical (unpaired) electrons. The third-order valence-corrected chi connectivity index (χ3v) is 5.94. The third kappa shape index (κ3) is 4.21. The molecule has 1 fully saturated rings. The molecule has 2 aromatic carbocycles. The standard InChI is InChI=1S/C26H27N3O3/c1-3-28-16-17-29(25(30)22-13-8-9-15-27-22)23(26(28)31)18-19-10-4-5-11-20(19)21-12-6-7-14-24(21)32-2/h4-15,23H,3,16-18H2,1-2H3/t23-/m0/s1. The molecule has 6 nitrogen and oxygen atoms in total. The molecule has 1 aromatic heterocycles. The van der Waals surface area contributed by atoms with Crippen LogP contribution in [0.2, 0.25) is 0 Å². The highest BCUT2D eigenvalue weighted by molar-refractivity contribution is 5.97. The minimum Gasteiger partial charge on any atom is -0.496 e. The summed E-state index contributed by atoms with van der Waals surface area (Å²) in [5.41, 5.74) is 3.31. The van der Waals surface area contributed by atoms with Gasteiger partial charge in [0.25, 0.3) is 5.91 Å².